The van der Waals surface area contributed by atoms with Crippen LogP contribution in [0.5, 0.6) is 0 Å². The van der Waals surface area contributed by atoms with E-state index < -0.39 is 9.28 Å². The van der Waals surface area contributed by atoms with Gasteiger partial charge in [0.2, 0.25) is 0 Å². The van der Waals surface area contributed by atoms with Gasteiger partial charge in [-0.2, -0.15) is 0 Å². The zero-order valence-electron chi connectivity index (χ0n) is 4.39. The quantitative estimate of drug-likeness (QED) is 0.489. The van der Waals surface area contributed by atoms with E-state index in [9.17, 15) is 0 Å². The van der Waals surface area contributed by atoms with Gasteiger partial charge in [0.1, 0.15) is 0 Å². The molecule has 2 N–H and O–H groups in total. The smallest absolute Gasteiger partial charge is 0.345 e. The Labute approximate surface area is 45.0 Å². The molecule has 7 heavy (non-hydrogen) atoms. The van der Waals surface area contributed by atoms with Gasteiger partial charge >= 0.3 is 9.28 Å². The van der Waals surface area contributed by atoms with Gasteiger partial charge in [-0.1, -0.05) is 13.5 Å². The summed E-state index contributed by atoms with van der Waals surface area (Å²) in [6, 6.07) is 0. The molecule has 0 aliphatic carbocycles. The topological polar surface area (TPSA) is 40.5 Å². The fraction of sp³-hybridized carbons (Fsp3) is 0.500. The molecule has 0 fully saturated rings. The monoisotopic (exact) mass is 118 g/mol. The van der Waals surface area contributed by atoms with Gasteiger partial charge in [-0.3, -0.25) is 0 Å². The lowest BCUT2D eigenvalue weighted by Crippen LogP contribution is -2.13. The molecule has 0 saturated carbocycles. The zero-order chi connectivity index (χ0) is 5.86. The molecule has 0 unspecified atom stereocenters. The van der Waals surface area contributed by atoms with E-state index in [1.807, 2.05) is 6.92 Å². The predicted molar refractivity (Wildman–Crippen MR) is 31.0 cm³/mol. The summed E-state index contributed by atoms with van der Waals surface area (Å²) in [5, 5.41) is 0.597. The van der Waals surface area contributed by atoms with Gasteiger partial charge in [0.15, 0.2) is 0 Å². The Kier molecular flexibility index (Phi) is 2.90. The molecule has 0 bridgehead atoms. The molecule has 0 spiro atoms. The number of allylic oxidation sites excluding steroid dienone is 1. The van der Waals surface area contributed by atoms with Crippen molar-refractivity contribution in [1.82, 2.24) is 0 Å². The third kappa shape index (κ3) is 2.56. The molecule has 0 aliphatic rings. The van der Waals surface area contributed by atoms with Crippen LogP contribution in [0, 0.1) is 0 Å². The summed E-state index contributed by atoms with van der Waals surface area (Å²) in [7, 11) is -2.46. The third-order valence-electron chi connectivity index (χ3n) is 0.819. The molecular weight excluding hydrogens is 108 g/mol. The lowest BCUT2D eigenvalue weighted by molar-refractivity contribution is 0.417. The van der Waals surface area contributed by atoms with Crippen LogP contribution in [-0.2, 0) is 0 Å². The maximum absolute atomic E-state index is 8.42. The van der Waals surface area contributed by atoms with Gasteiger partial charge in [0, 0.05) is 0 Å². The highest BCUT2D eigenvalue weighted by Gasteiger charge is 2.02. The van der Waals surface area contributed by atoms with Crippen LogP contribution in [-0.4, -0.2) is 18.9 Å². The molecule has 0 atom stereocenters. The van der Waals surface area contributed by atoms with Crippen LogP contribution in [0.2, 0.25) is 0 Å². The van der Waals surface area contributed by atoms with Crippen molar-refractivity contribution in [2.75, 3.05) is 0 Å². The van der Waals surface area contributed by atoms with Gasteiger partial charge in [-0.25, -0.2) is 0 Å². The van der Waals surface area contributed by atoms with E-state index in [1.165, 1.54) is 0 Å². The van der Waals surface area contributed by atoms with Crippen LogP contribution < -0.4 is 0 Å². The second-order valence-electron chi connectivity index (χ2n) is 1.39. The lowest BCUT2D eigenvalue weighted by Gasteiger charge is -1.97. The highest BCUT2D eigenvalue weighted by Crippen LogP contribution is 1.94. The minimum Gasteiger partial charge on any atom is -0.410 e. The van der Waals surface area contributed by atoms with E-state index >= 15 is 0 Å². The minimum atomic E-state index is -2.46. The van der Waals surface area contributed by atoms with Crippen LogP contribution >= 0.6 is 0 Å². The molecule has 42 valence electrons. The van der Waals surface area contributed by atoms with E-state index in [1.54, 1.807) is 0 Å². The van der Waals surface area contributed by atoms with E-state index in [0.717, 1.165) is 0 Å². The van der Waals surface area contributed by atoms with Crippen molar-refractivity contribution in [3.8, 4) is 0 Å². The van der Waals surface area contributed by atoms with E-state index in [0.29, 0.717) is 11.6 Å². The molecule has 0 radical (unpaired) electrons. The first-order chi connectivity index (χ1) is 3.18. The molecule has 0 aliphatic heterocycles. The largest absolute Gasteiger partial charge is 0.410 e. The van der Waals surface area contributed by atoms with Crippen molar-refractivity contribution in [3.63, 3.8) is 0 Å². The maximum atomic E-state index is 8.42. The molecule has 0 rings (SSSR count). The number of rotatable bonds is 2. The van der Waals surface area contributed by atoms with Gasteiger partial charge < -0.3 is 9.59 Å². The second kappa shape index (κ2) is 2.96. The van der Waals surface area contributed by atoms with E-state index in [2.05, 4.69) is 6.58 Å². The van der Waals surface area contributed by atoms with Gasteiger partial charge in [0.25, 0.3) is 0 Å². The van der Waals surface area contributed by atoms with Crippen molar-refractivity contribution in [1.29, 1.82) is 0 Å². The van der Waals surface area contributed by atoms with Crippen LogP contribution in [0.15, 0.2) is 11.8 Å². The van der Waals surface area contributed by atoms with Gasteiger partial charge in [0.05, 0.1) is 0 Å². The first-order valence-corrected chi connectivity index (χ1v) is 3.83. The highest BCUT2D eigenvalue weighted by molar-refractivity contribution is 6.50. The first-order valence-electron chi connectivity index (χ1n) is 2.22. The molecule has 3 heteroatoms. The van der Waals surface area contributed by atoms with Crippen molar-refractivity contribution < 1.29 is 9.59 Å². The maximum Gasteiger partial charge on any atom is 0.345 e. The SMILES string of the molecule is C=C(CC)[SiH](O)O. The Balaban J connectivity index is 3.35. The molecule has 0 aromatic rings. The summed E-state index contributed by atoms with van der Waals surface area (Å²) in [6.45, 7) is 5.29. The van der Waals surface area contributed by atoms with Crippen molar-refractivity contribution in [2.45, 2.75) is 13.3 Å². The average molecular weight is 118 g/mol. The van der Waals surface area contributed by atoms with Gasteiger partial charge in [-0.05, 0) is 11.6 Å². The average Bonchev–Trinajstić information content (AvgIpc) is 1.65. The molecule has 0 aromatic heterocycles. The Bertz CT molecular complexity index is 70.1. The van der Waals surface area contributed by atoms with Crippen molar-refractivity contribution in [3.05, 3.63) is 11.8 Å². The number of hydrogen-bond donors (Lipinski definition) is 2. The fourth-order valence-electron chi connectivity index (χ4n) is 0.183. The molecule has 0 saturated heterocycles. The summed E-state index contributed by atoms with van der Waals surface area (Å²) in [5.74, 6) is 0. The third-order valence-corrected chi connectivity index (χ3v) is 1.96. The normalized spacial score (nSPS) is 9.71. The van der Waals surface area contributed by atoms with Crippen LogP contribution in [0.3, 0.4) is 0 Å². The van der Waals surface area contributed by atoms with Crippen molar-refractivity contribution in [2.24, 2.45) is 0 Å². The Morgan fingerprint density at radius 1 is 1.71 bits per heavy atom. The molecule has 0 amide bonds. The Hall–Kier alpha value is -0.123. The summed E-state index contributed by atoms with van der Waals surface area (Å²) < 4.78 is 0. The van der Waals surface area contributed by atoms with E-state index in [-0.39, 0.29) is 0 Å². The van der Waals surface area contributed by atoms with Crippen LogP contribution in [0.1, 0.15) is 13.3 Å². The Morgan fingerprint density at radius 3 is 2.14 bits per heavy atom. The molecule has 0 aromatic carbocycles. The Morgan fingerprint density at radius 2 is 2.14 bits per heavy atom. The van der Waals surface area contributed by atoms with E-state index in [4.69, 9.17) is 9.59 Å². The zero-order valence-corrected chi connectivity index (χ0v) is 5.54. The summed E-state index contributed by atoms with van der Waals surface area (Å²) in [4.78, 5) is 16.8. The molecule has 2 nitrogen and oxygen atoms in total. The summed E-state index contributed by atoms with van der Waals surface area (Å²) in [6.07, 6.45) is 0.684. The highest BCUT2D eigenvalue weighted by atomic mass is 28.3. The fourth-order valence-corrected chi connectivity index (χ4v) is 0.548. The van der Waals surface area contributed by atoms with Crippen LogP contribution in [0.4, 0.5) is 0 Å². The minimum absolute atomic E-state index is 0.597. The summed E-state index contributed by atoms with van der Waals surface area (Å²) in [5.41, 5.74) is 0. The van der Waals surface area contributed by atoms with Crippen molar-refractivity contribution >= 4 is 9.28 Å². The predicted octanol–water partition coefficient (Wildman–Crippen LogP) is -0.303. The number of hydrogen-bond acceptors (Lipinski definition) is 2. The molecular formula is C4H10O2Si. The van der Waals surface area contributed by atoms with Gasteiger partial charge in [-0.15, -0.1) is 0 Å². The lowest BCUT2D eigenvalue weighted by atomic mass is 10.5. The van der Waals surface area contributed by atoms with Crippen LogP contribution in [0.25, 0.3) is 0 Å². The first kappa shape index (κ1) is 6.88. The molecule has 0 heterocycles. The second-order valence-corrected chi connectivity index (χ2v) is 2.95. The summed E-state index contributed by atoms with van der Waals surface area (Å²) >= 11 is 0. The standard InChI is InChI=1S/C4H10O2Si/c1-3-4(2)7(5)6/h5-7H,2-3H2,1H3.